The number of amides is 8. The third-order valence-electron chi connectivity index (χ3n) is 17.7. The SMILES string of the molecule is CN(C)[C@H]1CC[C@H](NC(=O)c2cc3cc(C(C)(F)F)ccc3s2)C(=O)N2[C@H](CC[C@H]2C(=O)N[C@@H](CCC(N)=O)C(=O)C[C@H](C(=O)N2CCC(CCC#Cc3cccc4c3CN(C3CCC(=O)NC3=O)C4=O)CC2)C2CCCCC2)C1. The maximum atomic E-state index is 14.7. The van der Waals surface area contributed by atoms with Crippen LogP contribution < -0.4 is 21.7 Å². The van der Waals surface area contributed by atoms with Crippen molar-refractivity contribution in [2.45, 2.75) is 178 Å². The van der Waals surface area contributed by atoms with Gasteiger partial charge in [0, 0.05) is 91.6 Å². The first-order valence-electron chi connectivity index (χ1n) is 28.6. The maximum absolute atomic E-state index is 14.7. The van der Waals surface area contributed by atoms with Crippen LogP contribution in [-0.2, 0) is 46.0 Å². The smallest absolute Gasteiger partial charge is 0.270 e. The summed E-state index contributed by atoms with van der Waals surface area (Å²) in [5.41, 5.74) is 7.46. The van der Waals surface area contributed by atoms with E-state index in [1.165, 1.54) is 17.0 Å². The van der Waals surface area contributed by atoms with Crippen LogP contribution in [0.2, 0.25) is 0 Å². The predicted octanol–water partition coefficient (Wildman–Crippen LogP) is 6.32. The number of thiophene rings is 1. The second kappa shape index (κ2) is 25.0. The van der Waals surface area contributed by atoms with Crippen molar-refractivity contribution in [1.82, 2.24) is 35.6 Å². The van der Waals surface area contributed by atoms with E-state index in [0.29, 0.717) is 66.8 Å². The summed E-state index contributed by atoms with van der Waals surface area (Å²) < 4.78 is 29.0. The Bertz CT molecular complexity index is 2970. The quantitative estimate of drug-likeness (QED) is 0.0869. The zero-order valence-electron chi connectivity index (χ0n) is 46.0. The number of hydrogen-bond donors (Lipinski definition) is 4. The van der Waals surface area contributed by atoms with Crippen molar-refractivity contribution in [2.75, 3.05) is 27.2 Å². The average Bonchev–Trinajstić information content (AvgIpc) is 4.15. The Morgan fingerprint density at radius 2 is 1.69 bits per heavy atom. The summed E-state index contributed by atoms with van der Waals surface area (Å²) in [4.78, 5) is 130. The van der Waals surface area contributed by atoms with Gasteiger partial charge in [0.25, 0.3) is 17.7 Å². The van der Waals surface area contributed by atoms with Gasteiger partial charge in [0.05, 0.1) is 10.9 Å². The first-order chi connectivity index (χ1) is 38.2. The van der Waals surface area contributed by atoms with Crippen LogP contribution in [0.3, 0.4) is 0 Å². The van der Waals surface area contributed by atoms with Gasteiger partial charge in [-0.15, -0.1) is 11.3 Å². The lowest BCUT2D eigenvalue weighted by Crippen LogP contribution is -2.59. The van der Waals surface area contributed by atoms with Crippen LogP contribution in [0, 0.1) is 29.6 Å². The van der Waals surface area contributed by atoms with E-state index in [-0.39, 0.29) is 97.0 Å². The van der Waals surface area contributed by atoms with E-state index in [4.69, 9.17) is 5.73 Å². The molecule has 6 heterocycles. The standard InChI is InChI=1S/C60H74F2N8O9S/c1-60(61,62)39-16-23-50-38(30-39)31-51(80-50)56(76)65-46-19-17-40(67(2)3)32-41-18-21-48(70(41)59(46)79)55(75)64-45(20-24-52(63)72)49(71)33-43(36-11-5-4-6-12-36)57(77)68-28-26-35(27-29-68)10-7-8-13-37-14-9-15-42-44(37)34-69(58(42)78)47-22-25-53(73)66-54(47)74/h9,14-16,23,30-31,35-36,40-41,43,45-48H,4-7,10-12,17-22,24-29,32-34H2,1-3H3,(H2,63,72)(H,64,75)(H,65,76)(H,66,73,74)/t40-,41+,43-,45-,46-,47?,48-/m0/s1. The number of Topliss-reactive ketones (excluding diaryl/α,β-unsaturated/α-hetero) is 1. The number of piperidine rings is 2. The summed E-state index contributed by atoms with van der Waals surface area (Å²) in [5.74, 6) is -0.551. The van der Waals surface area contributed by atoms with Crippen molar-refractivity contribution in [1.29, 1.82) is 0 Å². The third-order valence-corrected chi connectivity index (χ3v) is 18.8. The fourth-order valence-corrected chi connectivity index (χ4v) is 14.0. The van der Waals surface area contributed by atoms with Crippen LogP contribution >= 0.6 is 11.3 Å². The summed E-state index contributed by atoms with van der Waals surface area (Å²) in [6, 6.07) is 6.99. The van der Waals surface area contributed by atoms with Gasteiger partial charge in [-0.1, -0.05) is 43.2 Å². The molecule has 1 unspecified atom stereocenters. The number of fused-ring (bicyclic) bond motifs is 3. The van der Waals surface area contributed by atoms with Gasteiger partial charge in [-0.05, 0) is 144 Å². The summed E-state index contributed by atoms with van der Waals surface area (Å²) in [7, 11) is 3.90. The lowest BCUT2D eigenvalue weighted by molar-refractivity contribution is -0.144. The summed E-state index contributed by atoms with van der Waals surface area (Å²) >= 11 is 1.13. The van der Waals surface area contributed by atoms with Crippen LogP contribution in [0.15, 0.2) is 42.5 Å². The van der Waals surface area contributed by atoms with Gasteiger partial charge in [-0.3, -0.25) is 48.5 Å². The van der Waals surface area contributed by atoms with Crippen LogP contribution in [0.4, 0.5) is 8.78 Å². The van der Waals surface area contributed by atoms with E-state index in [2.05, 4.69) is 32.7 Å². The zero-order valence-corrected chi connectivity index (χ0v) is 46.8. The number of halogens is 2. The molecule has 80 heavy (non-hydrogen) atoms. The van der Waals surface area contributed by atoms with Crippen molar-refractivity contribution >= 4 is 74.5 Å². The maximum Gasteiger partial charge on any atom is 0.270 e. The van der Waals surface area contributed by atoms with E-state index in [1.807, 2.05) is 25.1 Å². The van der Waals surface area contributed by atoms with E-state index in [0.717, 1.165) is 80.8 Å². The number of carbonyl (C=O) groups excluding carboxylic acids is 9. The molecule has 5 fully saturated rings. The van der Waals surface area contributed by atoms with Crippen LogP contribution in [0.25, 0.3) is 10.1 Å². The lowest BCUT2D eigenvalue weighted by atomic mass is 9.76. The van der Waals surface area contributed by atoms with Crippen LogP contribution in [0.5, 0.6) is 0 Å². The van der Waals surface area contributed by atoms with E-state index >= 15 is 0 Å². The molecule has 5 N–H and O–H groups in total. The fraction of sp³-hybridized carbons (Fsp3) is 0.583. The van der Waals surface area contributed by atoms with Gasteiger partial charge in [0.2, 0.25) is 35.4 Å². The van der Waals surface area contributed by atoms with Crippen molar-refractivity contribution in [3.8, 4) is 11.8 Å². The number of benzene rings is 2. The molecule has 6 aliphatic rings. The number of carbonyl (C=O) groups is 9. The van der Waals surface area contributed by atoms with Gasteiger partial charge in [0.15, 0.2) is 5.78 Å². The van der Waals surface area contributed by atoms with E-state index in [9.17, 15) is 51.9 Å². The van der Waals surface area contributed by atoms with Crippen LogP contribution in [-0.4, -0.2) is 136 Å². The molecular weight excluding hydrogens is 1050 g/mol. The first-order valence-corrected chi connectivity index (χ1v) is 29.4. The molecular formula is C60H74F2N8O9S. The number of alkyl halides is 2. The largest absolute Gasteiger partial charge is 0.370 e. The molecule has 17 nitrogen and oxygen atoms in total. The van der Waals surface area contributed by atoms with Crippen LogP contribution in [0.1, 0.15) is 166 Å². The number of ketones is 1. The molecule has 0 spiro atoms. The number of nitrogens with zero attached hydrogens (tertiary/aromatic N) is 4. The lowest BCUT2D eigenvalue weighted by Gasteiger charge is -2.39. The highest BCUT2D eigenvalue weighted by molar-refractivity contribution is 7.20. The molecule has 428 valence electrons. The monoisotopic (exact) mass is 1120 g/mol. The minimum atomic E-state index is -3.07. The number of rotatable bonds is 17. The van der Waals surface area contributed by atoms with Gasteiger partial charge in [0.1, 0.15) is 18.1 Å². The van der Waals surface area contributed by atoms with Crippen molar-refractivity contribution in [3.63, 3.8) is 0 Å². The normalized spacial score (nSPS) is 23.8. The number of likely N-dealkylation sites (tertiary alicyclic amines) is 1. The molecule has 1 saturated carbocycles. The Labute approximate surface area is 469 Å². The third kappa shape index (κ3) is 13.3. The number of primary amides is 1. The minimum absolute atomic E-state index is 0.0139. The Kier molecular flexibility index (Phi) is 18.2. The molecule has 9 rings (SSSR count). The molecule has 0 radical (unpaired) electrons. The zero-order chi connectivity index (χ0) is 57.0. The highest BCUT2D eigenvalue weighted by Crippen LogP contribution is 2.38. The fourth-order valence-electron chi connectivity index (χ4n) is 13.1. The first kappa shape index (κ1) is 58.1. The molecule has 1 aromatic heterocycles. The molecule has 20 heteroatoms. The number of nitrogens with two attached hydrogens (primary N) is 1. The summed E-state index contributed by atoms with van der Waals surface area (Å²) in [6.07, 6.45) is 9.74. The molecule has 3 aromatic rings. The summed E-state index contributed by atoms with van der Waals surface area (Å²) in [6.45, 7) is 2.10. The number of nitrogens with one attached hydrogen (secondary N) is 3. The Balaban J connectivity index is 0.836. The molecule has 4 saturated heterocycles. The number of imide groups is 1. The Hall–Kier alpha value is -6.59. The van der Waals surface area contributed by atoms with Crippen molar-refractivity contribution in [3.05, 3.63) is 69.6 Å². The topological polar surface area (TPSA) is 229 Å². The highest BCUT2D eigenvalue weighted by atomic mass is 32.1. The van der Waals surface area contributed by atoms with E-state index < -0.39 is 65.5 Å². The molecule has 7 atom stereocenters. The molecule has 1 aliphatic carbocycles. The molecule has 8 amide bonds. The predicted molar refractivity (Wildman–Crippen MR) is 296 cm³/mol. The average molecular weight is 1120 g/mol. The van der Waals surface area contributed by atoms with Gasteiger partial charge in [-0.25, -0.2) is 8.78 Å². The highest BCUT2D eigenvalue weighted by Gasteiger charge is 2.47. The number of hydrogen-bond acceptors (Lipinski definition) is 11. The molecule has 5 aliphatic heterocycles. The molecule has 0 bridgehead atoms. The Morgan fingerprint density at radius 1 is 0.925 bits per heavy atom. The summed E-state index contributed by atoms with van der Waals surface area (Å²) in [5, 5.41) is 8.67. The van der Waals surface area contributed by atoms with E-state index in [1.54, 1.807) is 29.2 Å². The van der Waals surface area contributed by atoms with Gasteiger partial charge < -0.3 is 36.0 Å². The molecule has 2 aromatic carbocycles. The Morgan fingerprint density at radius 3 is 2.40 bits per heavy atom. The van der Waals surface area contributed by atoms with Gasteiger partial charge in [-0.2, -0.15) is 0 Å². The second-order valence-electron chi connectivity index (χ2n) is 23.3. The van der Waals surface area contributed by atoms with Crippen molar-refractivity contribution in [2.24, 2.45) is 23.5 Å². The van der Waals surface area contributed by atoms with Gasteiger partial charge >= 0.3 is 0 Å². The second-order valence-corrected chi connectivity index (χ2v) is 24.4. The van der Waals surface area contributed by atoms with Crippen molar-refractivity contribution < 1.29 is 51.9 Å². The minimum Gasteiger partial charge on any atom is -0.370 e.